The van der Waals surface area contributed by atoms with E-state index in [-0.39, 0.29) is 17.9 Å². The number of fused-ring (bicyclic) bond motifs is 1. The largest absolute Gasteiger partial charge is 0.351 e. The number of nitrogens with zero attached hydrogens (tertiary/aromatic N) is 4. The van der Waals surface area contributed by atoms with E-state index in [0.717, 1.165) is 36.2 Å². The Morgan fingerprint density at radius 2 is 1.97 bits per heavy atom. The third kappa shape index (κ3) is 4.45. The van der Waals surface area contributed by atoms with Crippen molar-refractivity contribution in [1.29, 1.82) is 0 Å². The Balaban J connectivity index is 1.53. The van der Waals surface area contributed by atoms with Crippen molar-refractivity contribution in [1.82, 2.24) is 15.0 Å². The highest BCUT2D eigenvalue weighted by Crippen LogP contribution is 2.26. The van der Waals surface area contributed by atoms with Crippen LogP contribution in [0.5, 0.6) is 0 Å². The average Bonchev–Trinajstić information content (AvgIpc) is 2.75. The first kappa shape index (κ1) is 19.1. The molecule has 0 saturated heterocycles. The van der Waals surface area contributed by atoms with Gasteiger partial charge in [-0.3, -0.25) is 14.8 Å². The zero-order valence-electron chi connectivity index (χ0n) is 15.8. The molecular weight excluding hydrogens is 374 g/mol. The molecule has 29 heavy (non-hydrogen) atoms. The number of carbonyl (C=O) groups is 1. The highest BCUT2D eigenvalue weighted by atomic mass is 19.1. The third-order valence-electron chi connectivity index (χ3n) is 5.01. The van der Waals surface area contributed by atoms with Crippen LogP contribution in [0.3, 0.4) is 0 Å². The predicted octanol–water partition coefficient (Wildman–Crippen LogP) is 3.92. The van der Waals surface area contributed by atoms with Crippen molar-refractivity contribution in [3.8, 4) is 0 Å². The summed E-state index contributed by atoms with van der Waals surface area (Å²) < 4.78 is 27.6. The van der Waals surface area contributed by atoms with Gasteiger partial charge in [-0.2, -0.15) is 0 Å². The second-order valence-corrected chi connectivity index (χ2v) is 7.07. The molecule has 3 aromatic rings. The van der Waals surface area contributed by atoms with Gasteiger partial charge < -0.3 is 4.90 Å². The monoisotopic (exact) mass is 394 g/mol. The first-order valence-corrected chi connectivity index (χ1v) is 9.57. The highest BCUT2D eigenvalue weighted by molar-refractivity contribution is 5.94. The van der Waals surface area contributed by atoms with Crippen LogP contribution in [0.25, 0.3) is 0 Å². The quantitative estimate of drug-likeness (QED) is 0.593. The number of aromatic nitrogens is 3. The number of halogens is 2. The molecule has 0 saturated carbocycles. The van der Waals surface area contributed by atoms with Crippen LogP contribution >= 0.6 is 0 Å². The summed E-state index contributed by atoms with van der Waals surface area (Å²) in [5, 5.41) is 0. The maximum Gasteiger partial charge on any atom is 0.183 e. The molecule has 0 radical (unpaired) electrons. The lowest BCUT2D eigenvalue weighted by Crippen LogP contribution is -2.31. The number of benzene rings is 1. The van der Waals surface area contributed by atoms with Gasteiger partial charge in [0.1, 0.15) is 17.3 Å². The second kappa shape index (κ2) is 8.43. The molecule has 1 aromatic carbocycles. The van der Waals surface area contributed by atoms with E-state index in [1.807, 2.05) is 17.0 Å². The first-order chi connectivity index (χ1) is 14.1. The molecule has 7 heteroatoms. The predicted molar refractivity (Wildman–Crippen MR) is 105 cm³/mol. The van der Waals surface area contributed by atoms with Gasteiger partial charge in [-0.1, -0.05) is 0 Å². The fraction of sp³-hybridized carbons (Fsp3) is 0.273. The molecule has 3 heterocycles. The smallest absolute Gasteiger partial charge is 0.183 e. The minimum atomic E-state index is -0.482. The highest BCUT2D eigenvalue weighted by Gasteiger charge is 2.23. The van der Waals surface area contributed by atoms with Crippen molar-refractivity contribution in [3.05, 3.63) is 83.1 Å². The normalized spacial score (nSPS) is 13.2. The van der Waals surface area contributed by atoms with Gasteiger partial charge in [0.25, 0.3) is 0 Å². The lowest BCUT2D eigenvalue weighted by molar-refractivity contribution is 0.0977. The van der Waals surface area contributed by atoms with Gasteiger partial charge in [0.15, 0.2) is 11.6 Å². The number of pyridine rings is 1. The molecule has 0 amide bonds. The van der Waals surface area contributed by atoms with Crippen molar-refractivity contribution in [2.45, 2.75) is 32.2 Å². The molecule has 1 aliphatic rings. The van der Waals surface area contributed by atoms with Crippen LogP contribution < -0.4 is 4.90 Å². The molecule has 0 unspecified atom stereocenters. The van der Waals surface area contributed by atoms with Gasteiger partial charge in [0.2, 0.25) is 0 Å². The van der Waals surface area contributed by atoms with E-state index in [1.165, 1.54) is 12.3 Å². The standard InChI is InChI=1S/C22H20F2N4O/c23-17-4-5-18(24)16(12-17)14-28-11-1-2-19-22(28)27-20(13-26-19)21(29)6-3-15-7-9-25-10-8-15/h4-5,7-10,12-13H,1-3,6,11,14H2. The Hall–Kier alpha value is -3.22. The van der Waals surface area contributed by atoms with E-state index in [0.29, 0.717) is 30.9 Å². The Morgan fingerprint density at radius 1 is 1.14 bits per heavy atom. The maximum absolute atomic E-state index is 14.1. The number of hydrogen-bond donors (Lipinski definition) is 0. The Kier molecular flexibility index (Phi) is 5.55. The Labute approximate surface area is 167 Å². The van der Waals surface area contributed by atoms with Crippen molar-refractivity contribution in [3.63, 3.8) is 0 Å². The van der Waals surface area contributed by atoms with Crippen LogP contribution in [0.1, 0.15) is 40.2 Å². The van der Waals surface area contributed by atoms with Crippen molar-refractivity contribution in [2.24, 2.45) is 0 Å². The third-order valence-corrected chi connectivity index (χ3v) is 5.01. The first-order valence-electron chi connectivity index (χ1n) is 9.57. The van der Waals surface area contributed by atoms with E-state index in [4.69, 9.17) is 0 Å². The van der Waals surface area contributed by atoms with Gasteiger partial charge in [0.05, 0.1) is 11.9 Å². The van der Waals surface area contributed by atoms with Gasteiger partial charge in [-0.15, -0.1) is 0 Å². The molecule has 0 bridgehead atoms. The minimum absolute atomic E-state index is 0.0976. The zero-order valence-corrected chi connectivity index (χ0v) is 15.8. The van der Waals surface area contributed by atoms with E-state index in [2.05, 4.69) is 15.0 Å². The molecule has 0 N–H and O–H groups in total. The van der Waals surface area contributed by atoms with Crippen LogP contribution in [0, 0.1) is 11.6 Å². The van der Waals surface area contributed by atoms with Gasteiger partial charge >= 0.3 is 0 Å². The number of anilines is 1. The molecular formula is C22H20F2N4O. The Bertz CT molecular complexity index is 1030. The molecule has 1 aliphatic heterocycles. The Morgan fingerprint density at radius 3 is 2.79 bits per heavy atom. The molecule has 4 rings (SSSR count). The number of aryl methyl sites for hydroxylation is 2. The molecule has 2 aromatic heterocycles. The van der Waals surface area contributed by atoms with E-state index < -0.39 is 11.6 Å². The topological polar surface area (TPSA) is 59.0 Å². The van der Waals surface area contributed by atoms with Crippen LogP contribution in [0.15, 0.2) is 48.9 Å². The van der Waals surface area contributed by atoms with Gasteiger partial charge in [-0.25, -0.2) is 13.8 Å². The summed E-state index contributed by atoms with van der Waals surface area (Å²) in [7, 11) is 0. The fourth-order valence-corrected chi connectivity index (χ4v) is 3.47. The molecule has 5 nitrogen and oxygen atoms in total. The van der Waals surface area contributed by atoms with Crippen LogP contribution in [-0.4, -0.2) is 27.3 Å². The summed E-state index contributed by atoms with van der Waals surface area (Å²) in [5.41, 5.74) is 2.36. The summed E-state index contributed by atoms with van der Waals surface area (Å²) in [6, 6.07) is 7.17. The van der Waals surface area contributed by atoms with E-state index in [9.17, 15) is 13.6 Å². The summed E-state index contributed by atoms with van der Waals surface area (Å²) in [4.78, 5) is 27.4. The van der Waals surface area contributed by atoms with Crippen molar-refractivity contribution in [2.75, 3.05) is 11.4 Å². The summed E-state index contributed by atoms with van der Waals surface area (Å²) in [6.07, 6.45) is 7.40. The number of rotatable bonds is 6. The van der Waals surface area contributed by atoms with Gasteiger partial charge in [0, 0.05) is 37.5 Å². The van der Waals surface area contributed by atoms with Crippen molar-refractivity contribution >= 4 is 11.6 Å². The van der Waals surface area contributed by atoms with Crippen molar-refractivity contribution < 1.29 is 13.6 Å². The molecule has 0 atom stereocenters. The number of ketones is 1. The fourth-order valence-electron chi connectivity index (χ4n) is 3.47. The van der Waals surface area contributed by atoms with Crippen LogP contribution in [0.4, 0.5) is 14.6 Å². The summed E-state index contributed by atoms with van der Waals surface area (Å²) in [6.45, 7) is 0.826. The lowest BCUT2D eigenvalue weighted by Gasteiger charge is -2.29. The van der Waals surface area contributed by atoms with Crippen LogP contribution in [-0.2, 0) is 19.4 Å². The molecule has 0 spiro atoms. The maximum atomic E-state index is 14.1. The van der Waals surface area contributed by atoms with Gasteiger partial charge in [-0.05, 0) is 55.2 Å². The summed E-state index contributed by atoms with van der Waals surface area (Å²) >= 11 is 0. The summed E-state index contributed by atoms with van der Waals surface area (Å²) in [5.74, 6) is -0.463. The molecule has 0 aliphatic carbocycles. The van der Waals surface area contributed by atoms with E-state index >= 15 is 0 Å². The minimum Gasteiger partial charge on any atom is -0.351 e. The number of Topliss-reactive ketones (excluding diaryl/α,β-unsaturated/α-hetero) is 1. The van der Waals surface area contributed by atoms with Crippen LogP contribution in [0.2, 0.25) is 0 Å². The second-order valence-electron chi connectivity index (χ2n) is 7.07. The molecule has 0 fully saturated rings. The number of hydrogen-bond acceptors (Lipinski definition) is 5. The lowest BCUT2D eigenvalue weighted by atomic mass is 10.1. The average molecular weight is 394 g/mol. The molecule has 148 valence electrons. The van der Waals surface area contributed by atoms with E-state index in [1.54, 1.807) is 12.4 Å². The SMILES string of the molecule is O=C(CCc1ccncc1)c1cnc2c(n1)N(Cc1cc(F)ccc1F)CCC2. The number of carbonyl (C=O) groups excluding carboxylic acids is 1. The zero-order chi connectivity index (χ0) is 20.2.